The number of guanidine groups is 1. The van der Waals surface area contributed by atoms with Crippen molar-refractivity contribution in [1.29, 1.82) is 0 Å². The topological polar surface area (TPSA) is 147 Å². The first-order valence-electron chi connectivity index (χ1n) is 7.17. The van der Waals surface area contributed by atoms with Crippen LogP contribution in [0.15, 0.2) is 9.98 Å². The first-order chi connectivity index (χ1) is 11.3. The van der Waals surface area contributed by atoms with Crippen LogP contribution < -0.4 is 5.73 Å². The highest BCUT2D eigenvalue weighted by molar-refractivity contribution is 7.99. The molecule has 13 heteroatoms. The number of aliphatic imine (C=N–C) groups is 2. The van der Waals surface area contributed by atoms with Crippen molar-refractivity contribution in [2.45, 2.75) is 19.5 Å². The minimum atomic E-state index is -4.85. The number of hydrogen-bond acceptors (Lipinski definition) is 8. The second-order valence-electron chi connectivity index (χ2n) is 4.84. The Morgan fingerprint density at radius 1 is 1.50 bits per heavy atom. The number of carbonyl (C=O) groups excluding carboxylic acids is 1. The lowest BCUT2D eigenvalue weighted by atomic mass is 10.2. The molecule has 0 aromatic carbocycles. The fourth-order valence-electron chi connectivity index (χ4n) is 2.15. The average molecular weight is 381 g/mol. The molecule has 0 bridgehead atoms. The van der Waals surface area contributed by atoms with E-state index in [1.807, 2.05) is 16.7 Å². The summed E-state index contributed by atoms with van der Waals surface area (Å²) in [6, 6.07) is 0. The van der Waals surface area contributed by atoms with Gasteiger partial charge in [-0.25, -0.2) is 4.79 Å². The normalized spacial score (nSPS) is 24.0. The maximum absolute atomic E-state index is 11.6. The third-order valence-corrected chi connectivity index (χ3v) is 4.42. The van der Waals surface area contributed by atoms with Gasteiger partial charge >= 0.3 is 16.5 Å². The van der Waals surface area contributed by atoms with Gasteiger partial charge in [-0.05, 0) is 6.92 Å². The number of hydrogen-bond donors (Lipinski definition) is 2. The average Bonchev–Trinajstić information content (AvgIpc) is 2.50. The van der Waals surface area contributed by atoms with Crippen LogP contribution >= 0.6 is 11.8 Å². The number of nitrogens with two attached hydrogens (primary N) is 1. The molecule has 1 unspecified atom stereocenters. The number of amidine groups is 1. The zero-order valence-corrected chi connectivity index (χ0v) is 14.6. The lowest BCUT2D eigenvalue weighted by Crippen LogP contribution is -2.54. The summed E-state index contributed by atoms with van der Waals surface area (Å²) in [7, 11) is -4.85. The second kappa shape index (κ2) is 8.11. The van der Waals surface area contributed by atoms with E-state index in [0.29, 0.717) is 10.9 Å². The molecule has 0 radical (unpaired) electrons. The van der Waals surface area contributed by atoms with Crippen molar-refractivity contribution in [3.63, 3.8) is 0 Å². The Balaban J connectivity index is 2.31. The van der Waals surface area contributed by atoms with Crippen LogP contribution in [0.5, 0.6) is 0 Å². The number of rotatable bonds is 3. The van der Waals surface area contributed by atoms with E-state index in [1.54, 1.807) is 6.92 Å². The predicted molar refractivity (Wildman–Crippen MR) is 87.9 cm³/mol. The molecule has 1 fully saturated rings. The van der Waals surface area contributed by atoms with Gasteiger partial charge in [0.2, 0.25) is 0 Å². The van der Waals surface area contributed by atoms with Gasteiger partial charge in [-0.3, -0.25) is 4.55 Å². The molecule has 1 atom stereocenters. The zero-order valence-electron chi connectivity index (χ0n) is 13.0. The first kappa shape index (κ1) is 18.9. The molecule has 2 aliphatic heterocycles. The van der Waals surface area contributed by atoms with E-state index in [1.165, 1.54) is 0 Å². The van der Waals surface area contributed by atoms with Gasteiger partial charge < -0.3 is 15.4 Å². The van der Waals surface area contributed by atoms with Gasteiger partial charge in [0.05, 0.1) is 6.61 Å². The van der Waals surface area contributed by atoms with Crippen molar-refractivity contribution < 1.29 is 26.8 Å². The molecular weight excluding hydrogens is 362 g/mol. The van der Waals surface area contributed by atoms with Crippen molar-refractivity contribution in [3.05, 3.63) is 0 Å². The number of amides is 1. The summed E-state index contributed by atoms with van der Waals surface area (Å²) in [5.74, 6) is 2.02. The molecular formula is C11H19N5O6S2. The molecule has 0 aromatic rings. The van der Waals surface area contributed by atoms with Crippen LogP contribution in [0.3, 0.4) is 0 Å². The molecule has 24 heavy (non-hydrogen) atoms. The summed E-state index contributed by atoms with van der Waals surface area (Å²) in [5, 5.41) is 0.578. The Labute approximate surface area is 143 Å². The van der Waals surface area contributed by atoms with Crippen molar-refractivity contribution in [2.75, 3.05) is 31.2 Å². The molecule has 2 aliphatic rings. The Kier molecular flexibility index (Phi) is 6.40. The van der Waals surface area contributed by atoms with E-state index < -0.39 is 28.6 Å². The molecule has 11 nitrogen and oxygen atoms in total. The van der Waals surface area contributed by atoms with E-state index in [9.17, 15) is 13.2 Å². The molecule has 2 heterocycles. The highest BCUT2D eigenvalue weighted by Gasteiger charge is 2.33. The molecule has 2 rings (SSSR count). The van der Waals surface area contributed by atoms with Crippen molar-refractivity contribution in [2.24, 2.45) is 15.7 Å². The maximum Gasteiger partial charge on any atom is 0.436 e. The van der Waals surface area contributed by atoms with Crippen molar-refractivity contribution in [3.8, 4) is 0 Å². The fraction of sp³-hybridized carbons (Fsp3) is 0.727. The predicted octanol–water partition coefficient (Wildman–Crippen LogP) is -0.329. The third kappa shape index (κ3) is 5.31. The number of nitrogens with zero attached hydrogens (tertiary/aromatic N) is 4. The molecule has 0 aromatic heterocycles. The monoisotopic (exact) mass is 381 g/mol. The fourth-order valence-corrected chi connectivity index (χ4v) is 3.43. The first-order valence-corrected chi connectivity index (χ1v) is 9.69. The highest BCUT2D eigenvalue weighted by Crippen LogP contribution is 2.18. The van der Waals surface area contributed by atoms with Crippen LogP contribution in [0.1, 0.15) is 13.3 Å². The van der Waals surface area contributed by atoms with Crippen LogP contribution in [0, 0.1) is 0 Å². The minimum Gasteiger partial charge on any atom is -0.448 e. The molecule has 0 saturated carbocycles. The molecule has 0 spiro atoms. The highest BCUT2D eigenvalue weighted by atomic mass is 32.3. The lowest BCUT2D eigenvalue weighted by molar-refractivity contribution is -0.0265. The largest absolute Gasteiger partial charge is 0.448 e. The lowest BCUT2D eigenvalue weighted by Gasteiger charge is -2.36. The number of hydroxylamine groups is 2. The standard InChI is InChI=1S/C11H19N5O6S2/c1-2-21-11(17)14-10-13-9(15-3-5-23-6-4-15)7-8(12)16(10)22-24(18,19)20/h8H,2-7,12H2,1H3,(H,18,19,20). The van der Waals surface area contributed by atoms with E-state index in [2.05, 4.69) is 14.3 Å². The zero-order chi connectivity index (χ0) is 17.7. The van der Waals surface area contributed by atoms with Crippen LogP contribution in [0.25, 0.3) is 0 Å². The molecule has 1 saturated heterocycles. The Bertz CT molecular complexity index is 631. The summed E-state index contributed by atoms with van der Waals surface area (Å²) >= 11 is 1.81. The quantitative estimate of drug-likeness (QED) is 0.623. The smallest absolute Gasteiger partial charge is 0.436 e. The molecule has 1 amide bonds. The summed E-state index contributed by atoms with van der Waals surface area (Å²) in [6.45, 7) is 3.18. The number of thioether (sulfide) groups is 1. The van der Waals surface area contributed by atoms with E-state index >= 15 is 0 Å². The van der Waals surface area contributed by atoms with E-state index in [0.717, 1.165) is 24.6 Å². The number of carbonyl (C=O) groups is 1. The molecule has 0 aliphatic carbocycles. The number of ether oxygens (including phenoxy) is 1. The van der Waals surface area contributed by atoms with Crippen LogP contribution in [-0.2, 0) is 19.4 Å². The van der Waals surface area contributed by atoms with Gasteiger partial charge in [-0.1, -0.05) is 0 Å². The Hall–Kier alpha value is -1.41. The van der Waals surface area contributed by atoms with Crippen molar-refractivity contribution in [1.82, 2.24) is 9.96 Å². The van der Waals surface area contributed by atoms with Gasteiger partial charge in [0, 0.05) is 31.0 Å². The Morgan fingerprint density at radius 3 is 2.75 bits per heavy atom. The molecule has 136 valence electrons. The maximum atomic E-state index is 11.6. The third-order valence-electron chi connectivity index (χ3n) is 3.13. The molecule has 3 N–H and O–H groups in total. The van der Waals surface area contributed by atoms with Gasteiger partial charge in [0.25, 0.3) is 5.96 Å². The minimum absolute atomic E-state index is 0.0841. The van der Waals surface area contributed by atoms with Crippen molar-refractivity contribution >= 4 is 40.0 Å². The summed E-state index contributed by atoms with van der Waals surface area (Å²) in [4.78, 5) is 21.3. The van der Waals surface area contributed by atoms with E-state index in [-0.39, 0.29) is 13.0 Å². The van der Waals surface area contributed by atoms with Gasteiger partial charge in [0.1, 0.15) is 12.0 Å². The summed E-state index contributed by atoms with van der Waals surface area (Å²) in [5.41, 5.74) is 5.90. The van der Waals surface area contributed by atoms with Gasteiger partial charge in [-0.2, -0.15) is 30.2 Å². The van der Waals surface area contributed by atoms with Gasteiger partial charge in [-0.15, -0.1) is 9.28 Å². The summed E-state index contributed by atoms with van der Waals surface area (Å²) < 4.78 is 39.9. The SMILES string of the molecule is CCOC(=O)N=C1N=C(N2CCSCC2)CC(N)N1OS(=O)(=O)O. The van der Waals surface area contributed by atoms with Crippen LogP contribution in [0.4, 0.5) is 4.79 Å². The van der Waals surface area contributed by atoms with Crippen LogP contribution in [0.2, 0.25) is 0 Å². The Morgan fingerprint density at radius 2 is 2.17 bits per heavy atom. The van der Waals surface area contributed by atoms with E-state index in [4.69, 9.17) is 15.0 Å². The summed E-state index contributed by atoms with van der Waals surface area (Å²) in [6.07, 6.45) is -1.80. The second-order valence-corrected chi connectivity index (χ2v) is 7.07. The van der Waals surface area contributed by atoms with Gasteiger partial charge in [0.15, 0.2) is 0 Å². The van der Waals surface area contributed by atoms with Crippen LogP contribution in [-0.4, -0.2) is 78.2 Å².